The molecule has 0 saturated carbocycles. The fourth-order valence-corrected chi connectivity index (χ4v) is 1.61. The Balaban J connectivity index is 2.13. The number of aromatic nitrogens is 2. The summed E-state index contributed by atoms with van der Waals surface area (Å²) in [7, 11) is 0. The zero-order valence-electron chi connectivity index (χ0n) is 12.2. The Hall–Kier alpha value is -3.34. The Labute approximate surface area is 135 Å². The van der Waals surface area contributed by atoms with Crippen molar-refractivity contribution in [2.45, 2.75) is 6.18 Å². The van der Waals surface area contributed by atoms with E-state index in [1.807, 2.05) is 0 Å². The molecule has 24 heavy (non-hydrogen) atoms. The fraction of sp³-hybridized carbons (Fsp3) is 0.0625. The number of nitrogens with zero attached hydrogens (tertiary/aromatic N) is 2. The van der Waals surface area contributed by atoms with E-state index in [9.17, 15) is 13.2 Å². The lowest BCUT2D eigenvalue weighted by Crippen LogP contribution is -2.04. The summed E-state index contributed by atoms with van der Waals surface area (Å²) in [5.74, 6) is 5.85. The Morgan fingerprint density at radius 3 is 2.42 bits per heavy atom. The average Bonchev–Trinajstić information content (AvgIpc) is 2.56. The van der Waals surface area contributed by atoms with E-state index < -0.39 is 11.7 Å². The molecule has 1 aromatic heterocycles. The molecule has 0 unspecified atom stereocenters. The average molecular weight is 331 g/mol. The molecule has 0 aliphatic heterocycles. The number of hydrogen-bond acceptors (Lipinski definition) is 5. The minimum atomic E-state index is -4.38. The maximum Gasteiger partial charge on any atom is 0.416 e. The van der Waals surface area contributed by atoms with Gasteiger partial charge < -0.3 is 16.5 Å². The highest BCUT2D eigenvalue weighted by Gasteiger charge is 2.29. The minimum absolute atomic E-state index is 0.189. The molecular formula is C16H12F3N5. The van der Waals surface area contributed by atoms with E-state index in [0.717, 1.165) is 18.3 Å². The number of allylic oxidation sites excluding steroid dienone is 1. The highest BCUT2D eigenvalue weighted by molar-refractivity contribution is 5.83. The van der Waals surface area contributed by atoms with Gasteiger partial charge in [-0.1, -0.05) is 11.8 Å². The molecule has 5 nitrogen and oxygen atoms in total. The van der Waals surface area contributed by atoms with Gasteiger partial charge in [-0.3, -0.25) is 0 Å². The SMILES string of the molecule is N=C/C(C#Cc1ccc(C(F)(F)F)cc1)=C\Nc1nccnc1N. The van der Waals surface area contributed by atoms with Crippen LogP contribution in [0.3, 0.4) is 0 Å². The summed E-state index contributed by atoms with van der Waals surface area (Å²) in [6.07, 6.45) is 0.907. The molecule has 0 radical (unpaired) electrons. The summed E-state index contributed by atoms with van der Waals surface area (Å²) < 4.78 is 37.4. The number of nitrogen functional groups attached to an aromatic ring is 1. The van der Waals surface area contributed by atoms with Crippen molar-refractivity contribution >= 4 is 17.9 Å². The smallest absolute Gasteiger partial charge is 0.381 e. The van der Waals surface area contributed by atoms with Crippen LogP contribution in [-0.2, 0) is 6.18 Å². The van der Waals surface area contributed by atoms with Crippen molar-refractivity contribution in [2.75, 3.05) is 11.1 Å². The van der Waals surface area contributed by atoms with Crippen molar-refractivity contribution in [1.29, 1.82) is 5.41 Å². The van der Waals surface area contributed by atoms with Gasteiger partial charge in [0.2, 0.25) is 0 Å². The number of nitrogens with two attached hydrogens (primary N) is 1. The van der Waals surface area contributed by atoms with E-state index in [4.69, 9.17) is 11.1 Å². The van der Waals surface area contributed by atoms with Crippen LogP contribution in [0.5, 0.6) is 0 Å². The third-order valence-electron chi connectivity index (χ3n) is 2.81. The van der Waals surface area contributed by atoms with Crippen LogP contribution in [0.15, 0.2) is 48.4 Å². The molecule has 2 rings (SSSR count). The zero-order valence-corrected chi connectivity index (χ0v) is 12.2. The monoisotopic (exact) mass is 331 g/mol. The fourth-order valence-electron chi connectivity index (χ4n) is 1.61. The Morgan fingerprint density at radius 2 is 1.83 bits per heavy atom. The summed E-state index contributed by atoms with van der Waals surface area (Å²) in [5.41, 5.74) is 5.56. The molecule has 2 aromatic rings. The van der Waals surface area contributed by atoms with Gasteiger partial charge in [-0.15, -0.1) is 0 Å². The van der Waals surface area contributed by atoms with Crippen molar-refractivity contribution in [3.05, 3.63) is 59.6 Å². The van der Waals surface area contributed by atoms with Crippen LogP contribution < -0.4 is 11.1 Å². The lowest BCUT2D eigenvalue weighted by atomic mass is 10.1. The summed E-state index contributed by atoms with van der Waals surface area (Å²) >= 11 is 0. The molecule has 0 fully saturated rings. The molecule has 0 amide bonds. The van der Waals surface area contributed by atoms with Gasteiger partial charge in [0.1, 0.15) is 0 Å². The van der Waals surface area contributed by atoms with Gasteiger partial charge in [0.15, 0.2) is 11.6 Å². The molecular weight excluding hydrogens is 319 g/mol. The van der Waals surface area contributed by atoms with Crippen molar-refractivity contribution in [1.82, 2.24) is 9.97 Å². The molecule has 4 N–H and O–H groups in total. The van der Waals surface area contributed by atoms with Gasteiger partial charge >= 0.3 is 6.18 Å². The van der Waals surface area contributed by atoms with E-state index in [2.05, 4.69) is 27.1 Å². The first-order valence-electron chi connectivity index (χ1n) is 6.63. The molecule has 0 atom stereocenters. The van der Waals surface area contributed by atoms with Crippen LogP contribution in [-0.4, -0.2) is 16.2 Å². The Kier molecular flexibility index (Phi) is 5.16. The zero-order chi connectivity index (χ0) is 17.6. The van der Waals surface area contributed by atoms with Gasteiger partial charge in [-0.25, -0.2) is 9.97 Å². The standard InChI is InChI=1S/C16H12F3N5/c17-16(18,19)13-5-3-11(4-6-13)1-2-12(9-20)10-24-15-14(21)22-7-8-23-15/h3-10,20H,(H2,21,22)(H,23,24)/b12-10-,20-9?. The highest BCUT2D eigenvalue weighted by Crippen LogP contribution is 2.28. The summed E-state index contributed by atoms with van der Waals surface area (Å²) in [4.78, 5) is 7.81. The first-order valence-corrected chi connectivity index (χ1v) is 6.63. The molecule has 122 valence electrons. The maximum atomic E-state index is 12.5. The lowest BCUT2D eigenvalue weighted by molar-refractivity contribution is -0.137. The summed E-state index contributed by atoms with van der Waals surface area (Å²) in [5, 5.41) is 10.1. The quantitative estimate of drug-likeness (QED) is 0.596. The Morgan fingerprint density at radius 1 is 1.17 bits per heavy atom. The van der Waals surface area contributed by atoms with Crippen LogP contribution >= 0.6 is 0 Å². The van der Waals surface area contributed by atoms with Crippen LogP contribution in [0, 0.1) is 17.3 Å². The van der Waals surface area contributed by atoms with Crippen molar-refractivity contribution in [3.63, 3.8) is 0 Å². The van der Waals surface area contributed by atoms with Gasteiger partial charge in [-0.2, -0.15) is 13.2 Å². The molecule has 1 aromatic carbocycles. The van der Waals surface area contributed by atoms with E-state index in [1.165, 1.54) is 30.7 Å². The second kappa shape index (κ2) is 7.28. The van der Waals surface area contributed by atoms with Crippen LogP contribution in [0.2, 0.25) is 0 Å². The molecule has 1 heterocycles. The van der Waals surface area contributed by atoms with E-state index in [1.54, 1.807) is 0 Å². The first-order chi connectivity index (χ1) is 11.4. The highest BCUT2D eigenvalue weighted by atomic mass is 19.4. The number of hydrogen-bond donors (Lipinski definition) is 3. The van der Waals surface area contributed by atoms with Gasteiger partial charge in [0.25, 0.3) is 0 Å². The molecule has 0 aliphatic rings. The minimum Gasteiger partial charge on any atom is -0.381 e. The van der Waals surface area contributed by atoms with E-state index in [0.29, 0.717) is 17.0 Å². The van der Waals surface area contributed by atoms with E-state index >= 15 is 0 Å². The van der Waals surface area contributed by atoms with Gasteiger partial charge in [0, 0.05) is 30.4 Å². The summed E-state index contributed by atoms with van der Waals surface area (Å²) in [6.45, 7) is 0. The molecule has 0 saturated heterocycles. The topological polar surface area (TPSA) is 87.7 Å². The second-order valence-electron chi connectivity index (χ2n) is 4.50. The van der Waals surface area contributed by atoms with Crippen molar-refractivity contribution in [3.8, 4) is 11.8 Å². The van der Waals surface area contributed by atoms with Gasteiger partial charge in [-0.05, 0) is 24.3 Å². The van der Waals surface area contributed by atoms with Crippen molar-refractivity contribution < 1.29 is 13.2 Å². The normalized spacial score (nSPS) is 11.4. The molecule has 0 bridgehead atoms. The van der Waals surface area contributed by atoms with Crippen LogP contribution in [0.1, 0.15) is 11.1 Å². The molecule has 8 heteroatoms. The number of alkyl halides is 3. The Bertz CT molecular complexity index is 814. The van der Waals surface area contributed by atoms with Crippen LogP contribution in [0.25, 0.3) is 0 Å². The first kappa shape index (κ1) is 17.0. The maximum absolute atomic E-state index is 12.5. The predicted molar refractivity (Wildman–Crippen MR) is 85.3 cm³/mol. The largest absolute Gasteiger partial charge is 0.416 e. The number of nitrogens with one attached hydrogen (secondary N) is 2. The van der Waals surface area contributed by atoms with Gasteiger partial charge in [0.05, 0.1) is 11.1 Å². The third kappa shape index (κ3) is 4.58. The van der Waals surface area contributed by atoms with Crippen LogP contribution in [0.4, 0.5) is 24.8 Å². The lowest BCUT2D eigenvalue weighted by Gasteiger charge is -2.05. The van der Waals surface area contributed by atoms with Crippen molar-refractivity contribution in [2.24, 2.45) is 0 Å². The molecule has 0 aliphatic carbocycles. The number of benzene rings is 1. The third-order valence-corrected chi connectivity index (χ3v) is 2.81. The number of halogens is 3. The molecule has 0 spiro atoms. The predicted octanol–water partition coefficient (Wildman–Crippen LogP) is 3.07. The van der Waals surface area contributed by atoms with E-state index in [-0.39, 0.29) is 5.82 Å². The summed E-state index contributed by atoms with van der Waals surface area (Å²) in [6, 6.07) is 4.45. The number of anilines is 2. The number of rotatable bonds is 3. The second-order valence-corrected chi connectivity index (χ2v) is 4.50.